The van der Waals surface area contributed by atoms with E-state index in [2.05, 4.69) is 65.9 Å². The summed E-state index contributed by atoms with van der Waals surface area (Å²) in [5.41, 5.74) is 4.86. The van der Waals surface area contributed by atoms with Gasteiger partial charge in [0.25, 0.3) is 0 Å². The van der Waals surface area contributed by atoms with Crippen molar-refractivity contribution in [3.05, 3.63) is 53.7 Å². The van der Waals surface area contributed by atoms with Gasteiger partial charge >= 0.3 is 0 Å². The van der Waals surface area contributed by atoms with Crippen molar-refractivity contribution in [2.45, 2.75) is 19.9 Å². The zero-order valence-electron chi connectivity index (χ0n) is 13.0. The van der Waals surface area contributed by atoms with Gasteiger partial charge in [-0.05, 0) is 49.7 Å². The van der Waals surface area contributed by atoms with Gasteiger partial charge in [0.1, 0.15) is 6.26 Å². The van der Waals surface area contributed by atoms with Crippen molar-refractivity contribution < 1.29 is 0 Å². The lowest BCUT2D eigenvalue weighted by molar-refractivity contribution is 0.623. The summed E-state index contributed by atoms with van der Waals surface area (Å²) in [6.07, 6.45) is 4.33. The second-order valence-corrected chi connectivity index (χ2v) is 6.73. The van der Waals surface area contributed by atoms with Crippen LogP contribution < -0.4 is 4.72 Å². The second-order valence-electron chi connectivity index (χ2n) is 5.62. The standard InChI is InChI=1S/C18H19ClN2S/c1-12(2)21-11-17(13-4-6-14(19)7-5-13)16-9-8-15(20-22-3)10-18(16)21/h4-12,20H,1-3H3/p+1. The zero-order chi connectivity index (χ0) is 15.7. The average molecular weight is 332 g/mol. The summed E-state index contributed by atoms with van der Waals surface area (Å²) in [7, 11) is 0. The first kappa shape index (κ1) is 15.3. The highest BCUT2D eigenvalue weighted by atomic mass is 35.5. The number of rotatable bonds is 4. The van der Waals surface area contributed by atoms with Gasteiger partial charge in [-0.2, -0.15) is 0 Å². The van der Waals surface area contributed by atoms with Gasteiger partial charge in [-0.15, -0.1) is 0 Å². The van der Waals surface area contributed by atoms with E-state index in [9.17, 15) is 0 Å². The summed E-state index contributed by atoms with van der Waals surface area (Å²) in [4.78, 5) is 0. The van der Waals surface area contributed by atoms with Crippen molar-refractivity contribution in [1.82, 2.24) is 4.57 Å². The van der Waals surface area contributed by atoms with E-state index in [1.807, 2.05) is 12.1 Å². The first-order valence-corrected chi connectivity index (χ1v) is 9.07. The van der Waals surface area contributed by atoms with Crippen LogP contribution >= 0.6 is 11.6 Å². The smallest absolute Gasteiger partial charge is 0.120 e. The van der Waals surface area contributed by atoms with E-state index in [1.165, 1.54) is 22.0 Å². The van der Waals surface area contributed by atoms with Gasteiger partial charge < -0.3 is 4.57 Å². The molecule has 0 saturated heterocycles. The van der Waals surface area contributed by atoms with Crippen LogP contribution in [0.2, 0.25) is 5.02 Å². The number of halogens is 1. The molecule has 0 radical (unpaired) electrons. The maximum Gasteiger partial charge on any atom is 0.120 e. The van der Waals surface area contributed by atoms with E-state index < -0.39 is 0 Å². The molecule has 1 heterocycles. The number of benzene rings is 2. The maximum atomic E-state index is 6.01. The lowest BCUT2D eigenvalue weighted by atomic mass is 10.0. The zero-order valence-corrected chi connectivity index (χ0v) is 14.6. The first-order valence-electron chi connectivity index (χ1n) is 7.35. The lowest BCUT2D eigenvalue weighted by Crippen LogP contribution is -1.99. The fraction of sp³-hybridized carbons (Fsp3) is 0.222. The molecular weight excluding hydrogens is 312 g/mol. The van der Waals surface area contributed by atoms with Crippen molar-refractivity contribution in [3.8, 4) is 11.1 Å². The van der Waals surface area contributed by atoms with E-state index in [1.54, 1.807) is 0 Å². The number of aromatic nitrogens is 1. The van der Waals surface area contributed by atoms with Crippen LogP contribution in [-0.2, 0) is 11.9 Å². The molecule has 114 valence electrons. The van der Waals surface area contributed by atoms with Gasteiger partial charge in [0.2, 0.25) is 0 Å². The second kappa shape index (κ2) is 6.27. The quantitative estimate of drug-likeness (QED) is 0.506. The molecule has 0 fully saturated rings. The summed E-state index contributed by atoms with van der Waals surface area (Å²) in [6, 6.07) is 15.0. The van der Waals surface area contributed by atoms with Crippen molar-refractivity contribution in [2.24, 2.45) is 0 Å². The van der Waals surface area contributed by atoms with E-state index in [-0.39, 0.29) is 0 Å². The van der Waals surface area contributed by atoms with Crippen LogP contribution in [0.4, 0.5) is 5.69 Å². The predicted molar refractivity (Wildman–Crippen MR) is 101 cm³/mol. The van der Waals surface area contributed by atoms with Crippen LogP contribution in [-0.4, -0.2) is 10.8 Å². The fourth-order valence-corrected chi connectivity index (χ4v) is 3.26. The van der Waals surface area contributed by atoms with E-state index >= 15 is 0 Å². The Bertz CT molecular complexity index is 791. The molecule has 4 heteroatoms. The van der Waals surface area contributed by atoms with Gasteiger partial charge in [-0.3, -0.25) is 0 Å². The molecule has 0 aliphatic heterocycles. The molecule has 1 N–H and O–H groups in total. The summed E-state index contributed by atoms with van der Waals surface area (Å²) < 4.78 is 5.69. The molecule has 0 aliphatic rings. The summed E-state index contributed by atoms with van der Waals surface area (Å²) in [5.74, 6) is 0. The highest BCUT2D eigenvalue weighted by Gasteiger charge is 2.13. The van der Waals surface area contributed by atoms with Crippen LogP contribution in [0.1, 0.15) is 19.9 Å². The maximum absolute atomic E-state index is 6.01. The largest absolute Gasteiger partial charge is 0.344 e. The Kier molecular flexibility index (Phi) is 4.37. The van der Waals surface area contributed by atoms with Crippen LogP contribution in [0.3, 0.4) is 0 Å². The molecule has 1 aromatic heterocycles. The SMILES string of the molecule is C[SH+]Nc1ccc2c(-c3ccc(Cl)cc3)cn(C(C)C)c2c1. The van der Waals surface area contributed by atoms with Crippen molar-refractivity contribution in [3.63, 3.8) is 0 Å². The molecule has 3 aromatic rings. The minimum Gasteiger partial charge on any atom is -0.344 e. The highest BCUT2D eigenvalue weighted by Crippen LogP contribution is 2.34. The number of hydrogen-bond donors (Lipinski definition) is 1. The predicted octanol–water partition coefficient (Wildman–Crippen LogP) is 5.31. The van der Waals surface area contributed by atoms with E-state index in [0.29, 0.717) is 6.04 Å². The average Bonchev–Trinajstić information content (AvgIpc) is 2.87. The van der Waals surface area contributed by atoms with Gasteiger partial charge in [-0.25, -0.2) is 4.72 Å². The molecule has 2 aromatic carbocycles. The van der Waals surface area contributed by atoms with Crippen molar-refractivity contribution in [1.29, 1.82) is 0 Å². The number of thiol groups is 1. The topological polar surface area (TPSA) is 17.0 Å². The van der Waals surface area contributed by atoms with Crippen LogP contribution in [0.15, 0.2) is 48.7 Å². The van der Waals surface area contributed by atoms with Gasteiger partial charge in [0.05, 0.1) is 23.2 Å². The number of fused-ring (bicyclic) bond motifs is 1. The highest BCUT2D eigenvalue weighted by molar-refractivity contribution is 7.79. The third-order valence-electron chi connectivity index (χ3n) is 3.79. The lowest BCUT2D eigenvalue weighted by Gasteiger charge is -2.09. The van der Waals surface area contributed by atoms with Crippen molar-refractivity contribution >= 4 is 40.1 Å². The Balaban J connectivity index is 2.20. The molecule has 0 saturated carbocycles. The van der Waals surface area contributed by atoms with Crippen LogP contribution in [0.5, 0.6) is 0 Å². The van der Waals surface area contributed by atoms with Gasteiger partial charge in [0.15, 0.2) is 0 Å². The fourth-order valence-electron chi connectivity index (χ4n) is 2.74. The molecule has 22 heavy (non-hydrogen) atoms. The number of nitrogens with one attached hydrogen (secondary N) is 1. The Labute approximate surface area is 140 Å². The summed E-state index contributed by atoms with van der Waals surface area (Å²) in [6.45, 7) is 4.42. The number of anilines is 1. The molecule has 0 unspecified atom stereocenters. The Morgan fingerprint density at radius 3 is 2.45 bits per heavy atom. The first-order chi connectivity index (χ1) is 10.6. The molecule has 0 amide bonds. The number of nitrogens with zero attached hydrogens (tertiary/aromatic N) is 1. The molecule has 0 aliphatic carbocycles. The summed E-state index contributed by atoms with van der Waals surface area (Å²) in [5, 5.41) is 2.04. The number of hydrogen-bond acceptors (Lipinski definition) is 1. The molecular formula is C18H20ClN2S+. The molecule has 2 nitrogen and oxygen atoms in total. The van der Waals surface area contributed by atoms with Crippen molar-refractivity contribution in [2.75, 3.05) is 11.0 Å². The Morgan fingerprint density at radius 1 is 1.09 bits per heavy atom. The Morgan fingerprint density at radius 2 is 1.82 bits per heavy atom. The molecule has 0 spiro atoms. The minimum absolute atomic E-state index is 0.415. The molecule has 3 rings (SSSR count). The third kappa shape index (κ3) is 2.83. The third-order valence-corrected chi connectivity index (χ3v) is 4.52. The monoisotopic (exact) mass is 331 g/mol. The normalized spacial score (nSPS) is 11.3. The minimum atomic E-state index is 0.415. The summed E-state index contributed by atoms with van der Waals surface area (Å²) >= 11 is 7.17. The van der Waals surface area contributed by atoms with Crippen LogP contribution in [0.25, 0.3) is 22.0 Å². The van der Waals surface area contributed by atoms with Gasteiger partial charge in [0, 0.05) is 28.2 Å². The van der Waals surface area contributed by atoms with Gasteiger partial charge in [-0.1, -0.05) is 23.7 Å². The molecule has 0 atom stereocenters. The van der Waals surface area contributed by atoms with E-state index in [0.717, 1.165) is 22.7 Å². The Hall–Kier alpha value is -1.58. The van der Waals surface area contributed by atoms with E-state index in [4.69, 9.17) is 11.6 Å². The molecule has 0 bridgehead atoms. The van der Waals surface area contributed by atoms with Crippen LogP contribution in [0, 0.1) is 0 Å².